The quantitative estimate of drug-likeness (QED) is 0.811. The molecule has 1 spiro atoms. The first-order valence-corrected chi connectivity index (χ1v) is 7.58. The summed E-state index contributed by atoms with van der Waals surface area (Å²) in [6.45, 7) is 4.97. The van der Waals surface area contributed by atoms with Gasteiger partial charge in [-0.25, -0.2) is 0 Å². The van der Waals surface area contributed by atoms with Gasteiger partial charge in [0.2, 0.25) is 0 Å². The minimum atomic E-state index is -4.29. The van der Waals surface area contributed by atoms with Crippen LogP contribution in [-0.4, -0.2) is 18.1 Å². The molecule has 1 aliphatic carbocycles. The Labute approximate surface area is 123 Å². The fraction of sp³-hybridized carbons (Fsp3) is 0.625. The first-order valence-electron chi connectivity index (χ1n) is 7.58. The maximum absolute atomic E-state index is 12.9. The van der Waals surface area contributed by atoms with Gasteiger partial charge >= 0.3 is 6.18 Å². The summed E-state index contributed by atoms with van der Waals surface area (Å²) in [6.07, 6.45) is 0.320. The van der Waals surface area contributed by atoms with E-state index in [-0.39, 0.29) is 11.6 Å². The van der Waals surface area contributed by atoms with Crippen molar-refractivity contribution in [2.24, 2.45) is 0 Å². The Balaban J connectivity index is 2.04. The lowest BCUT2D eigenvalue weighted by molar-refractivity contribution is -0.137. The van der Waals surface area contributed by atoms with Crippen LogP contribution < -0.4 is 10.2 Å². The van der Waals surface area contributed by atoms with Gasteiger partial charge in [-0.1, -0.05) is 12.8 Å². The molecule has 1 N–H and O–H groups in total. The number of nitrogens with one attached hydrogen (secondary N) is 1. The molecule has 0 saturated heterocycles. The summed E-state index contributed by atoms with van der Waals surface area (Å²) in [5.41, 5.74) is 1.00. The highest BCUT2D eigenvalue weighted by Gasteiger charge is 2.44. The second-order valence-corrected chi connectivity index (χ2v) is 6.48. The third-order valence-corrected chi connectivity index (χ3v) is 4.75. The zero-order chi connectivity index (χ0) is 15.3. The Kier molecular flexibility index (Phi) is 3.34. The Hall–Kier alpha value is -1.39. The third kappa shape index (κ3) is 2.36. The van der Waals surface area contributed by atoms with Crippen LogP contribution in [0.2, 0.25) is 0 Å². The van der Waals surface area contributed by atoms with Crippen LogP contribution in [0.15, 0.2) is 18.2 Å². The number of hydrogen-bond acceptors (Lipinski definition) is 2. The van der Waals surface area contributed by atoms with Crippen molar-refractivity contribution in [3.63, 3.8) is 0 Å². The standard InChI is InChI=1S/C16H21F3N2/c1-11(2)21-14-6-5-12(16(17,18)19)9-13(14)20-10-15(21)7-3-4-8-15/h5-6,9,11,20H,3-4,7-8,10H2,1-2H3. The molecule has 5 heteroatoms. The SMILES string of the molecule is CC(C)N1c2ccc(C(F)(F)F)cc2NCC12CCCC2. The van der Waals surface area contributed by atoms with E-state index in [1.807, 2.05) is 0 Å². The molecule has 1 aliphatic heterocycles. The number of nitrogens with zero attached hydrogens (tertiary/aromatic N) is 1. The first-order chi connectivity index (χ1) is 9.83. The maximum atomic E-state index is 12.9. The van der Waals surface area contributed by atoms with Gasteiger partial charge in [0.25, 0.3) is 0 Å². The average Bonchev–Trinajstić information content (AvgIpc) is 2.85. The molecule has 0 bridgehead atoms. The monoisotopic (exact) mass is 298 g/mol. The van der Waals surface area contributed by atoms with Crippen molar-refractivity contribution in [1.82, 2.24) is 0 Å². The lowest BCUT2D eigenvalue weighted by Crippen LogP contribution is -2.57. The summed E-state index contributed by atoms with van der Waals surface area (Å²) in [5.74, 6) is 0. The van der Waals surface area contributed by atoms with Crippen LogP contribution in [0, 0.1) is 0 Å². The second-order valence-electron chi connectivity index (χ2n) is 6.48. The van der Waals surface area contributed by atoms with Gasteiger partial charge in [-0.15, -0.1) is 0 Å². The lowest BCUT2D eigenvalue weighted by atomic mass is 9.89. The molecule has 2 nitrogen and oxygen atoms in total. The van der Waals surface area contributed by atoms with E-state index in [4.69, 9.17) is 0 Å². The average molecular weight is 298 g/mol. The molecule has 0 aromatic heterocycles. The molecular weight excluding hydrogens is 277 g/mol. The van der Waals surface area contributed by atoms with Crippen LogP contribution in [0.1, 0.15) is 45.1 Å². The molecule has 21 heavy (non-hydrogen) atoms. The van der Waals surface area contributed by atoms with Crippen molar-refractivity contribution in [2.75, 3.05) is 16.8 Å². The second kappa shape index (κ2) is 4.82. The van der Waals surface area contributed by atoms with Gasteiger partial charge in [-0.3, -0.25) is 0 Å². The van der Waals surface area contributed by atoms with Gasteiger partial charge in [0, 0.05) is 12.6 Å². The van der Waals surface area contributed by atoms with E-state index in [0.29, 0.717) is 5.69 Å². The minimum Gasteiger partial charge on any atom is -0.381 e. The number of rotatable bonds is 1. The van der Waals surface area contributed by atoms with E-state index in [9.17, 15) is 13.2 Å². The highest BCUT2D eigenvalue weighted by atomic mass is 19.4. The van der Waals surface area contributed by atoms with E-state index in [1.165, 1.54) is 25.0 Å². The molecule has 1 fully saturated rings. The summed E-state index contributed by atoms with van der Waals surface area (Å²) in [4.78, 5) is 2.34. The lowest BCUT2D eigenvalue weighted by Gasteiger charge is -2.50. The molecule has 0 atom stereocenters. The van der Waals surface area contributed by atoms with Crippen LogP contribution >= 0.6 is 0 Å². The molecule has 0 amide bonds. The number of fused-ring (bicyclic) bond motifs is 1. The first kappa shape index (κ1) is 14.5. The fourth-order valence-electron chi connectivity index (χ4n) is 3.94. The molecule has 116 valence electrons. The Morgan fingerprint density at radius 2 is 1.86 bits per heavy atom. The summed E-state index contributed by atoms with van der Waals surface area (Å²) in [5, 5.41) is 3.25. The number of benzene rings is 1. The van der Waals surface area contributed by atoms with E-state index >= 15 is 0 Å². The van der Waals surface area contributed by atoms with Crippen molar-refractivity contribution in [1.29, 1.82) is 0 Å². The Bertz CT molecular complexity index is 531. The molecule has 1 heterocycles. The van der Waals surface area contributed by atoms with Crippen molar-refractivity contribution in [3.05, 3.63) is 23.8 Å². The Morgan fingerprint density at radius 3 is 2.43 bits per heavy atom. The molecule has 1 saturated carbocycles. The number of alkyl halides is 3. The fourth-order valence-corrected chi connectivity index (χ4v) is 3.94. The highest BCUT2D eigenvalue weighted by molar-refractivity contribution is 5.75. The zero-order valence-corrected chi connectivity index (χ0v) is 12.4. The molecule has 3 rings (SSSR count). The van der Waals surface area contributed by atoms with Gasteiger partial charge in [0.05, 0.1) is 22.5 Å². The van der Waals surface area contributed by atoms with Crippen LogP contribution in [0.3, 0.4) is 0 Å². The van der Waals surface area contributed by atoms with Gasteiger partial charge < -0.3 is 10.2 Å². The topological polar surface area (TPSA) is 15.3 Å². The summed E-state index contributed by atoms with van der Waals surface area (Å²) >= 11 is 0. The third-order valence-electron chi connectivity index (χ3n) is 4.75. The van der Waals surface area contributed by atoms with E-state index < -0.39 is 11.7 Å². The summed E-state index contributed by atoms with van der Waals surface area (Å²) in [6, 6.07) is 4.35. The highest BCUT2D eigenvalue weighted by Crippen LogP contribution is 2.46. The van der Waals surface area contributed by atoms with Gasteiger partial charge in [-0.05, 0) is 44.9 Å². The Morgan fingerprint density at radius 1 is 1.19 bits per heavy atom. The molecule has 2 aliphatic rings. The van der Waals surface area contributed by atoms with E-state index in [1.54, 1.807) is 6.07 Å². The number of halogens is 3. The number of hydrogen-bond donors (Lipinski definition) is 1. The van der Waals surface area contributed by atoms with Crippen LogP contribution in [0.25, 0.3) is 0 Å². The minimum absolute atomic E-state index is 0.0704. The molecule has 0 radical (unpaired) electrons. The van der Waals surface area contributed by atoms with Crippen LogP contribution in [-0.2, 0) is 6.18 Å². The van der Waals surface area contributed by atoms with E-state index in [2.05, 4.69) is 24.1 Å². The van der Waals surface area contributed by atoms with Crippen molar-refractivity contribution < 1.29 is 13.2 Å². The summed E-state index contributed by atoms with van der Waals surface area (Å²) < 4.78 is 38.6. The predicted molar refractivity (Wildman–Crippen MR) is 78.7 cm³/mol. The molecule has 1 aromatic carbocycles. The maximum Gasteiger partial charge on any atom is 0.416 e. The van der Waals surface area contributed by atoms with Crippen LogP contribution in [0.5, 0.6) is 0 Å². The van der Waals surface area contributed by atoms with Gasteiger partial charge in [-0.2, -0.15) is 13.2 Å². The van der Waals surface area contributed by atoms with Gasteiger partial charge in [0.1, 0.15) is 0 Å². The van der Waals surface area contributed by atoms with Crippen LogP contribution in [0.4, 0.5) is 24.5 Å². The predicted octanol–water partition coefficient (Wildman–Crippen LogP) is 4.66. The molecule has 1 aromatic rings. The smallest absolute Gasteiger partial charge is 0.381 e. The number of anilines is 2. The van der Waals surface area contributed by atoms with Crippen molar-refractivity contribution in [3.8, 4) is 0 Å². The molecule has 0 unspecified atom stereocenters. The van der Waals surface area contributed by atoms with Crippen molar-refractivity contribution in [2.45, 2.75) is 57.3 Å². The van der Waals surface area contributed by atoms with Gasteiger partial charge in [0.15, 0.2) is 0 Å². The normalized spacial score (nSPS) is 20.8. The largest absolute Gasteiger partial charge is 0.416 e. The molecular formula is C16H21F3N2. The van der Waals surface area contributed by atoms with E-state index in [0.717, 1.165) is 25.1 Å². The zero-order valence-electron chi connectivity index (χ0n) is 12.4. The summed E-state index contributed by atoms with van der Waals surface area (Å²) in [7, 11) is 0. The van der Waals surface area contributed by atoms with Crippen molar-refractivity contribution >= 4 is 11.4 Å².